The number of para-hydroxylation sites is 1. The predicted octanol–water partition coefficient (Wildman–Crippen LogP) is 0.581. The second-order valence-corrected chi connectivity index (χ2v) is 6.31. The van der Waals surface area contributed by atoms with Crippen LogP contribution in [0.1, 0.15) is 10.4 Å². The van der Waals surface area contributed by atoms with Gasteiger partial charge in [0.05, 0.1) is 6.26 Å². The molecule has 0 aromatic heterocycles. The van der Waals surface area contributed by atoms with Crippen LogP contribution in [0.2, 0.25) is 0 Å². The number of nitrogens with zero attached hydrogens (tertiary/aromatic N) is 2. The average Bonchev–Trinajstić information content (AvgIpc) is 2.38. The first kappa shape index (κ1) is 13.0. The topological polar surface area (TPSA) is 57.7 Å². The minimum Gasteiger partial charge on any atom is -0.368 e. The van der Waals surface area contributed by atoms with Crippen molar-refractivity contribution in [3.63, 3.8) is 0 Å². The zero-order valence-electron chi connectivity index (χ0n) is 10.2. The molecular formula is C12H16N2O3S. The molecule has 0 atom stereocenters. The fourth-order valence-corrected chi connectivity index (χ4v) is 2.96. The number of hydrogen-bond acceptors (Lipinski definition) is 4. The molecule has 6 heteroatoms. The highest BCUT2D eigenvalue weighted by Gasteiger charge is 2.24. The van der Waals surface area contributed by atoms with E-state index in [0.29, 0.717) is 31.7 Å². The standard InChI is InChI=1S/C12H16N2O3S/c1-18(16,17)14-8-6-13(7-9-14)12-5-3-2-4-11(12)10-15/h2-5,10H,6-9H2,1H3. The van der Waals surface area contributed by atoms with E-state index in [1.165, 1.54) is 10.6 Å². The molecule has 0 spiro atoms. The Kier molecular flexibility index (Phi) is 3.68. The van der Waals surface area contributed by atoms with Crippen LogP contribution in [0.4, 0.5) is 5.69 Å². The van der Waals surface area contributed by atoms with Crippen LogP contribution < -0.4 is 4.90 Å². The molecule has 0 N–H and O–H groups in total. The van der Waals surface area contributed by atoms with Gasteiger partial charge in [-0.1, -0.05) is 12.1 Å². The third kappa shape index (κ3) is 2.70. The summed E-state index contributed by atoms with van der Waals surface area (Å²) in [5.41, 5.74) is 1.52. The van der Waals surface area contributed by atoms with Crippen LogP contribution in [0.5, 0.6) is 0 Å². The number of sulfonamides is 1. The molecule has 0 bridgehead atoms. The molecule has 1 aliphatic rings. The van der Waals surface area contributed by atoms with Crippen molar-refractivity contribution < 1.29 is 13.2 Å². The van der Waals surface area contributed by atoms with E-state index in [1.54, 1.807) is 6.07 Å². The first-order valence-electron chi connectivity index (χ1n) is 5.76. The van der Waals surface area contributed by atoms with Crippen molar-refractivity contribution in [1.82, 2.24) is 4.31 Å². The maximum Gasteiger partial charge on any atom is 0.211 e. The van der Waals surface area contributed by atoms with Crippen LogP contribution >= 0.6 is 0 Å². The van der Waals surface area contributed by atoms with Crippen molar-refractivity contribution in [3.8, 4) is 0 Å². The largest absolute Gasteiger partial charge is 0.368 e. The van der Waals surface area contributed by atoms with Crippen molar-refractivity contribution in [2.24, 2.45) is 0 Å². The van der Waals surface area contributed by atoms with Gasteiger partial charge in [-0.05, 0) is 12.1 Å². The second-order valence-electron chi connectivity index (χ2n) is 4.33. The minimum atomic E-state index is -3.11. The van der Waals surface area contributed by atoms with Gasteiger partial charge in [0.15, 0.2) is 6.29 Å². The summed E-state index contributed by atoms with van der Waals surface area (Å²) in [6.07, 6.45) is 2.06. The van der Waals surface area contributed by atoms with Crippen molar-refractivity contribution in [2.45, 2.75) is 0 Å². The van der Waals surface area contributed by atoms with Crippen molar-refractivity contribution in [3.05, 3.63) is 29.8 Å². The van der Waals surface area contributed by atoms with Gasteiger partial charge in [-0.15, -0.1) is 0 Å². The number of carbonyl (C=O) groups excluding carboxylic acids is 1. The maximum absolute atomic E-state index is 11.4. The third-order valence-electron chi connectivity index (χ3n) is 3.11. The minimum absolute atomic E-state index is 0.464. The molecule has 1 heterocycles. The Morgan fingerprint density at radius 2 is 1.72 bits per heavy atom. The van der Waals surface area contributed by atoms with Gasteiger partial charge >= 0.3 is 0 Å². The lowest BCUT2D eigenvalue weighted by molar-refractivity contribution is 0.112. The number of hydrogen-bond donors (Lipinski definition) is 0. The van der Waals surface area contributed by atoms with Gasteiger partial charge in [-0.25, -0.2) is 8.42 Å². The highest BCUT2D eigenvalue weighted by molar-refractivity contribution is 7.88. The van der Waals surface area contributed by atoms with E-state index in [2.05, 4.69) is 0 Å². The Morgan fingerprint density at radius 3 is 2.28 bits per heavy atom. The third-order valence-corrected chi connectivity index (χ3v) is 4.42. The van der Waals surface area contributed by atoms with E-state index in [0.717, 1.165) is 12.0 Å². The number of benzene rings is 1. The maximum atomic E-state index is 11.4. The molecular weight excluding hydrogens is 252 g/mol. The summed E-state index contributed by atoms with van der Waals surface area (Å²) in [7, 11) is -3.11. The van der Waals surface area contributed by atoms with Gasteiger partial charge in [0, 0.05) is 37.4 Å². The van der Waals surface area contributed by atoms with Crippen LogP contribution in [-0.4, -0.2) is 51.4 Å². The highest BCUT2D eigenvalue weighted by atomic mass is 32.2. The Labute approximate surface area is 107 Å². The monoisotopic (exact) mass is 268 g/mol. The summed E-state index contributed by atoms with van der Waals surface area (Å²) in [4.78, 5) is 13.0. The SMILES string of the molecule is CS(=O)(=O)N1CCN(c2ccccc2C=O)CC1. The zero-order valence-corrected chi connectivity index (χ0v) is 11.1. The van der Waals surface area contributed by atoms with Crippen LogP contribution in [0.25, 0.3) is 0 Å². The van der Waals surface area contributed by atoms with E-state index in [4.69, 9.17) is 0 Å². The Balaban J connectivity index is 2.12. The molecule has 2 rings (SSSR count). The van der Waals surface area contributed by atoms with Gasteiger partial charge in [-0.3, -0.25) is 4.79 Å². The van der Waals surface area contributed by atoms with Crippen LogP contribution in [0, 0.1) is 0 Å². The Bertz CT molecular complexity index is 534. The molecule has 1 aromatic carbocycles. The van der Waals surface area contributed by atoms with E-state index in [9.17, 15) is 13.2 Å². The first-order chi connectivity index (χ1) is 8.52. The van der Waals surface area contributed by atoms with Crippen LogP contribution in [-0.2, 0) is 10.0 Å². The molecule has 0 radical (unpaired) electrons. The van der Waals surface area contributed by atoms with Gasteiger partial charge < -0.3 is 4.90 Å². The summed E-state index contributed by atoms with van der Waals surface area (Å²) < 4.78 is 24.3. The summed E-state index contributed by atoms with van der Waals surface area (Å²) >= 11 is 0. The Morgan fingerprint density at radius 1 is 1.11 bits per heavy atom. The van der Waals surface area contributed by atoms with E-state index >= 15 is 0 Å². The summed E-state index contributed by atoms with van der Waals surface area (Å²) in [6.45, 7) is 2.15. The van der Waals surface area contributed by atoms with Crippen molar-refractivity contribution in [1.29, 1.82) is 0 Å². The summed E-state index contributed by atoms with van der Waals surface area (Å²) in [5, 5.41) is 0. The van der Waals surface area contributed by atoms with Crippen LogP contribution in [0.15, 0.2) is 24.3 Å². The lowest BCUT2D eigenvalue weighted by Crippen LogP contribution is -2.48. The van der Waals surface area contributed by atoms with Crippen molar-refractivity contribution >= 4 is 22.0 Å². The smallest absolute Gasteiger partial charge is 0.211 e. The lowest BCUT2D eigenvalue weighted by Gasteiger charge is -2.35. The quantitative estimate of drug-likeness (QED) is 0.753. The van der Waals surface area contributed by atoms with Gasteiger partial charge in [-0.2, -0.15) is 4.31 Å². The number of carbonyl (C=O) groups is 1. The fourth-order valence-electron chi connectivity index (χ4n) is 2.14. The molecule has 1 aromatic rings. The van der Waals surface area contributed by atoms with E-state index < -0.39 is 10.0 Å². The normalized spacial score (nSPS) is 17.7. The predicted molar refractivity (Wildman–Crippen MR) is 70.5 cm³/mol. The molecule has 1 fully saturated rings. The summed E-state index contributed by atoms with van der Waals surface area (Å²) in [5.74, 6) is 0. The molecule has 0 saturated carbocycles. The molecule has 98 valence electrons. The fraction of sp³-hybridized carbons (Fsp3) is 0.417. The molecule has 18 heavy (non-hydrogen) atoms. The number of rotatable bonds is 3. The van der Waals surface area contributed by atoms with Gasteiger partial charge in [0.1, 0.15) is 0 Å². The molecule has 5 nitrogen and oxygen atoms in total. The molecule has 0 aliphatic carbocycles. The van der Waals surface area contributed by atoms with E-state index in [-0.39, 0.29) is 0 Å². The highest BCUT2D eigenvalue weighted by Crippen LogP contribution is 2.20. The molecule has 0 unspecified atom stereocenters. The number of piperazine rings is 1. The number of anilines is 1. The molecule has 1 aliphatic heterocycles. The van der Waals surface area contributed by atoms with E-state index in [1.807, 2.05) is 23.1 Å². The first-order valence-corrected chi connectivity index (χ1v) is 7.61. The molecule has 1 saturated heterocycles. The lowest BCUT2D eigenvalue weighted by atomic mass is 10.1. The van der Waals surface area contributed by atoms with Gasteiger partial charge in [0.25, 0.3) is 0 Å². The summed E-state index contributed by atoms with van der Waals surface area (Å²) in [6, 6.07) is 7.36. The Hall–Kier alpha value is -1.40. The second kappa shape index (κ2) is 5.07. The zero-order chi connectivity index (χ0) is 13.2. The number of aldehydes is 1. The van der Waals surface area contributed by atoms with Gasteiger partial charge in [0.2, 0.25) is 10.0 Å². The molecule has 0 amide bonds. The average molecular weight is 268 g/mol. The van der Waals surface area contributed by atoms with Crippen molar-refractivity contribution in [2.75, 3.05) is 37.3 Å². The van der Waals surface area contributed by atoms with Crippen LogP contribution in [0.3, 0.4) is 0 Å².